The average Bonchev–Trinajstić information content (AvgIpc) is 3.15. The van der Waals surface area contributed by atoms with Gasteiger partial charge in [0.05, 0.1) is 11.1 Å². The molecule has 1 N–H and O–H groups in total. The minimum Gasteiger partial charge on any atom is -0.449 e. The zero-order chi connectivity index (χ0) is 22.1. The van der Waals surface area contributed by atoms with Gasteiger partial charge in [-0.1, -0.05) is 29.5 Å². The summed E-state index contributed by atoms with van der Waals surface area (Å²) < 4.78 is 5.61. The molecule has 9 heteroatoms. The third-order valence-corrected chi connectivity index (χ3v) is 6.17. The van der Waals surface area contributed by atoms with Gasteiger partial charge in [0.2, 0.25) is 5.13 Å². The molecule has 0 saturated carbocycles. The van der Waals surface area contributed by atoms with Crippen LogP contribution in [0.25, 0.3) is 10.9 Å². The van der Waals surface area contributed by atoms with Crippen molar-refractivity contribution in [3.63, 3.8) is 0 Å². The second-order valence-corrected chi connectivity index (χ2v) is 9.09. The van der Waals surface area contributed by atoms with Crippen LogP contribution in [0.2, 0.25) is 0 Å². The number of amides is 1. The fourth-order valence-corrected chi connectivity index (χ4v) is 4.31. The molecule has 1 amide bonds. The van der Waals surface area contributed by atoms with Gasteiger partial charge in [-0.25, -0.2) is 4.79 Å². The Balaban J connectivity index is 1.63. The molecule has 3 heterocycles. The van der Waals surface area contributed by atoms with Crippen LogP contribution in [0.4, 0.5) is 5.13 Å². The van der Waals surface area contributed by atoms with Crippen molar-refractivity contribution in [2.75, 3.05) is 11.9 Å². The molecular formula is C22H25N5O3S. The Morgan fingerprint density at radius 2 is 1.97 bits per heavy atom. The largest absolute Gasteiger partial charge is 0.449 e. The van der Waals surface area contributed by atoms with Gasteiger partial charge < -0.3 is 4.74 Å². The SMILES string of the molecule is Cc1nnc(NC(=O)C(C)OC(=O)c2c3c(nc4ccccc24)CCN(C(C)C)C3)s1. The number of pyridine rings is 1. The Hall–Kier alpha value is -2.91. The molecule has 4 rings (SSSR count). The van der Waals surface area contributed by atoms with E-state index in [2.05, 4.69) is 34.3 Å². The van der Waals surface area contributed by atoms with Crippen molar-refractivity contribution in [1.29, 1.82) is 0 Å². The maximum Gasteiger partial charge on any atom is 0.339 e. The summed E-state index contributed by atoms with van der Waals surface area (Å²) in [7, 11) is 0. The fourth-order valence-electron chi connectivity index (χ4n) is 3.71. The topological polar surface area (TPSA) is 97.3 Å². The Bertz CT molecular complexity index is 1140. The Morgan fingerprint density at radius 1 is 1.19 bits per heavy atom. The van der Waals surface area contributed by atoms with E-state index in [9.17, 15) is 9.59 Å². The summed E-state index contributed by atoms with van der Waals surface area (Å²) in [5.74, 6) is -0.961. The first-order valence-electron chi connectivity index (χ1n) is 10.3. The van der Waals surface area contributed by atoms with E-state index in [1.165, 1.54) is 11.3 Å². The zero-order valence-electron chi connectivity index (χ0n) is 18.0. The number of carbonyl (C=O) groups is 2. The van der Waals surface area contributed by atoms with Gasteiger partial charge in [0.1, 0.15) is 5.01 Å². The molecule has 0 radical (unpaired) electrons. The molecular weight excluding hydrogens is 414 g/mol. The van der Waals surface area contributed by atoms with Crippen LogP contribution in [0, 0.1) is 6.92 Å². The standard InChI is InChI=1S/C22H25N5O3S/c1-12(2)27-10-9-18-16(11-27)19(15-7-5-6-8-17(15)23-18)21(29)30-13(3)20(28)24-22-26-25-14(4)31-22/h5-8,12-13H,9-11H2,1-4H3,(H,24,26,28). The van der Waals surface area contributed by atoms with Crippen molar-refractivity contribution in [2.45, 2.75) is 52.8 Å². The number of fused-ring (bicyclic) bond motifs is 2. The minimum atomic E-state index is -0.982. The number of carbonyl (C=O) groups excluding carboxylic acids is 2. The summed E-state index contributed by atoms with van der Waals surface area (Å²) in [4.78, 5) is 32.9. The van der Waals surface area contributed by atoms with E-state index in [1.807, 2.05) is 24.3 Å². The number of para-hydroxylation sites is 1. The number of anilines is 1. The first-order valence-corrected chi connectivity index (χ1v) is 11.1. The van der Waals surface area contributed by atoms with Crippen LogP contribution in [-0.4, -0.2) is 50.6 Å². The van der Waals surface area contributed by atoms with E-state index in [0.29, 0.717) is 23.3 Å². The maximum atomic E-state index is 13.3. The molecule has 1 atom stereocenters. The number of esters is 1. The first-order chi connectivity index (χ1) is 14.8. The summed E-state index contributed by atoms with van der Waals surface area (Å²) in [5, 5.41) is 12.3. The summed E-state index contributed by atoms with van der Waals surface area (Å²) in [6, 6.07) is 7.91. The van der Waals surface area contributed by atoms with Gasteiger partial charge in [0, 0.05) is 42.2 Å². The maximum absolute atomic E-state index is 13.3. The van der Waals surface area contributed by atoms with Crippen molar-refractivity contribution >= 4 is 39.2 Å². The van der Waals surface area contributed by atoms with Crippen LogP contribution in [0.1, 0.15) is 47.4 Å². The van der Waals surface area contributed by atoms with Crippen molar-refractivity contribution in [3.05, 3.63) is 46.1 Å². The fraction of sp³-hybridized carbons (Fsp3) is 0.409. The molecule has 1 aliphatic rings. The van der Waals surface area contributed by atoms with E-state index in [1.54, 1.807) is 13.8 Å². The van der Waals surface area contributed by atoms with E-state index < -0.39 is 18.0 Å². The van der Waals surface area contributed by atoms with Crippen molar-refractivity contribution in [1.82, 2.24) is 20.1 Å². The van der Waals surface area contributed by atoms with Gasteiger partial charge in [-0.15, -0.1) is 10.2 Å². The molecule has 31 heavy (non-hydrogen) atoms. The van der Waals surface area contributed by atoms with Crippen LogP contribution >= 0.6 is 11.3 Å². The third-order valence-electron chi connectivity index (χ3n) is 5.42. The predicted octanol–water partition coefficient (Wildman–Crippen LogP) is 3.35. The van der Waals surface area contributed by atoms with E-state index in [0.717, 1.165) is 40.1 Å². The van der Waals surface area contributed by atoms with E-state index in [4.69, 9.17) is 9.72 Å². The van der Waals surface area contributed by atoms with E-state index in [-0.39, 0.29) is 0 Å². The molecule has 0 aliphatic carbocycles. The minimum absolute atomic E-state index is 0.351. The highest BCUT2D eigenvalue weighted by molar-refractivity contribution is 7.15. The van der Waals surface area contributed by atoms with Crippen LogP contribution in [0.3, 0.4) is 0 Å². The van der Waals surface area contributed by atoms with Crippen molar-refractivity contribution < 1.29 is 14.3 Å². The van der Waals surface area contributed by atoms with E-state index >= 15 is 0 Å². The number of rotatable bonds is 5. The number of hydrogen-bond donors (Lipinski definition) is 1. The normalized spacial score (nSPS) is 15.0. The second kappa shape index (κ2) is 8.68. The first kappa shape index (κ1) is 21.3. The Labute approximate surface area is 184 Å². The summed E-state index contributed by atoms with van der Waals surface area (Å²) in [5.41, 5.74) is 3.06. The van der Waals surface area contributed by atoms with Crippen molar-refractivity contribution in [2.24, 2.45) is 0 Å². The van der Waals surface area contributed by atoms with Gasteiger partial charge in [0.15, 0.2) is 6.10 Å². The van der Waals surface area contributed by atoms with Gasteiger partial charge >= 0.3 is 5.97 Å². The van der Waals surface area contributed by atoms with Crippen molar-refractivity contribution in [3.8, 4) is 0 Å². The highest BCUT2D eigenvalue weighted by Crippen LogP contribution is 2.30. The molecule has 162 valence electrons. The Morgan fingerprint density at radius 3 is 2.68 bits per heavy atom. The zero-order valence-corrected chi connectivity index (χ0v) is 18.8. The highest BCUT2D eigenvalue weighted by Gasteiger charge is 2.29. The molecule has 1 aromatic carbocycles. The second-order valence-electron chi connectivity index (χ2n) is 7.91. The molecule has 3 aromatic rings. The molecule has 0 saturated heterocycles. The molecule has 0 bridgehead atoms. The molecule has 0 spiro atoms. The van der Waals surface area contributed by atoms with Gasteiger partial charge in [0.25, 0.3) is 5.91 Å². The summed E-state index contributed by atoms with van der Waals surface area (Å²) >= 11 is 1.26. The van der Waals surface area contributed by atoms with Crippen LogP contribution in [0.15, 0.2) is 24.3 Å². The average molecular weight is 440 g/mol. The monoisotopic (exact) mass is 439 g/mol. The number of aryl methyl sites for hydroxylation is 1. The summed E-state index contributed by atoms with van der Waals surface area (Å²) in [6.45, 7) is 9.15. The van der Waals surface area contributed by atoms with Gasteiger partial charge in [-0.2, -0.15) is 0 Å². The molecule has 0 fully saturated rings. The number of ether oxygens (including phenoxy) is 1. The summed E-state index contributed by atoms with van der Waals surface area (Å²) in [6.07, 6.45) is -0.213. The number of hydrogen-bond acceptors (Lipinski definition) is 8. The van der Waals surface area contributed by atoms with Crippen LogP contribution in [0.5, 0.6) is 0 Å². The Kier molecular flexibility index (Phi) is 5.97. The van der Waals surface area contributed by atoms with Gasteiger partial charge in [-0.05, 0) is 33.8 Å². The number of benzene rings is 1. The van der Waals surface area contributed by atoms with Gasteiger partial charge in [-0.3, -0.25) is 20.0 Å². The van der Waals surface area contributed by atoms with Crippen LogP contribution < -0.4 is 5.32 Å². The highest BCUT2D eigenvalue weighted by atomic mass is 32.1. The number of nitrogens with zero attached hydrogens (tertiary/aromatic N) is 4. The third kappa shape index (κ3) is 4.42. The lowest BCUT2D eigenvalue weighted by Crippen LogP contribution is -2.37. The smallest absolute Gasteiger partial charge is 0.339 e. The lowest BCUT2D eigenvalue weighted by atomic mass is 9.95. The predicted molar refractivity (Wildman–Crippen MR) is 119 cm³/mol. The molecule has 1 unspecified atom stereocenters. The lowest BCUT2D eigenvalue weighted by Gasteiger charge is -2.32. The quantitative estimate of drug-likeness (QED) is 0.609. The lowest BCUT2D eigenvalue weighted by molar-refractivity contribution is -0.123. The number of aromatic nitrogens is 3. The van der Waals surface area contributed by atoms with Crippen LogP contribution in [-0.2, 0) is 22.5 Å². The molecule has 8 nitrogen and oxygen atoms in total. The molecule has 1 aliphatic heterocycles. The molecule has 2 aromatic heterocycles. The number of nitrogens with one attached hydrogen (secondary N) is 1.